The fourth-order valence-electron chi connectivity index (χ4n) is 2.29. The van der Waals surface area contributed by atoms with E-state index in [4.69, 9.17) is 0 Å². The van der Waals surface area contributed by atoms with Crippen LogP contribution in [0.1, 0.15) is 17.7 Å². The van der Waals surface area contributed by atoms with E-state index < -0.39 is 0 Å². The molecule has 2 heterocycles. The number of hydrogen-bond donors (Lipinski definition) is 2. The van der Waals surface area contributed by atoms with Gasteiger partial charge in [-0.2, -0.15) is 0 Å². The van der Waals surface area contributed by atoms with Crippen molar-refractivity contribution in [2.45, 2.75) is 19.4 Å². The molecule has 2 aromatic heterocycles. The van der Waals surface area contributed by atoms with E-state index in [0.29, 0.717) is 13.0 Å². The zero-order valence-electron chi connectivity index (χ0n) is 11.7. The molecule has 0 spiro atoms. The fraction of sp³-hybridized carbons (Fsp3) is 0.176. The summed E-state index contributed by atoms with van der Waals surface area (Å²) in [5.41, 5.74) is 3.15. The van der Waals surface area contributed by atoms with Gasteiger partial charge < -0.3 is 10.3 Å². The van der Waals surface area contributed by atoms with Crippen LogP contribution in [-0.2, 0) is 17.8 Å². The first-order valence-electron chi connectivity index (χ1n) is 7.04. The van der Waals surface area contributed by atoms with Crippen molar-refractivity contribution in [3.63, 3.8) is 0 Å². The van der Waals surface area contributed by atoms with Gasteiger partial charge in [-0.05, 0) is 41.6 Å². The molecule has 0 bridgehead atoms. The van der Waals surface area contributed by atoms with Crippen molar-refractivity contribution < 1.29 is 4.79 Å². The SMILES string of the molecule is O=C(CCc1ccc2cc[nH]c2c1)NCc1ccccn1. The smallest absolute Gasteiger partial charge is 0.220 e. The second-order valence-electron chi connectivity index (χ2n) is 5.00. The number of carbonyl (C=O) groups is 1. The lowest BCUT2D eigenvalue weighted by molar-refractivity contribution is -0.121. The number of rotatable bonds is 5. The molecule has 106 valence electrons. The Morgan fingerprint density at radius 2 is 2.14 bits per heavy atom. The Morgan fingerprint density at radius 1 is 1.19 bits per heavy atom. The van der Waals surface area contributed by atoms with Gasteiger partial charge in [0.05, 0.1) is 12.2 Å². The van der Waals surface area contributed by atoms with E-state index in [1.807, 2.05) is 30.5 Å². The Kier molecular flexibility index (Phi) is 3.96. The monoisotopic (exact) mass is 279 g/mol. The van der Waals surface area contributed by atoms with E-state index in [1.54, 1.807) is 6.20 Å². The number of pyridine rings is 1. The summed E-state index contributed by atoms with van der Waals surface area (Å²) in [6, 6.07) is 14.0. The summed E-state index contributed by atoms with van der Waals surface area (Å²) >= 11 is 0. The Bertz CT molecular complexity index is 734. The van der Waals surface area contributed by atoms with Gasteiger partial charge in [-0.15, -0.1) is 0 Å². The van der Waals surface area contributed by atoms with E-state index in [-0.39, 0.29) is 5.91 Å². The minimum absolute atomic E-state index is 0.0484. The number of benzene rings is 1. The number of aromatic nitrogens is 2. The van der Waals surface area contributed by atoms with Crippen molar-refractivity contribution >= 4 is 16.8 Å². The van der Waals surface area contributed by atoms with Crippen molar-refractivity contribution in [2.75, 3.05) is 0 Å². The van der Waals surface area contributed by atoms with Crippen LogP contribution in [0.25, 0.3) is 10.9 Å². The molecule has 1 amide bonds. The predicted molar refractivity (Wildman–Crippen MR) is 82.7 cm³/mol. The van der Waals surface area contributed by atoms with E-state index in [9.17, 15) is 4.79 Å². The third kappa shape index (κ3) is 3.48. The summed E-state index contributed by atoms with van der Waals surface area (Å²) in [4.78, 5) is 19.2. The second kappa shape index (κ2) is 6.22. The molecular formula is C17H17N3O. The van der Waals surface area contributed by atoms with Crippen LogP contribution in [0.4, 0.5) is 0 Å². The number of carbonyl (C=O) groups excluding carboxylic acids is 1. The van der Waals surface area contributed by atoms with Gasteiger partial charge in [0.25, 0.3) is 0 Å². The van der Waals surface area contributed by atoms with E-state index in [0.717, 1.165) is 23.2 Å². The van der Waals surface area contributed by atoms with Gasteiger partial charge >= 0.3 is 0 Å². The molecule has 2 N–H and O–H groups in total. The molecule has 0 atom stereocenters. The van der Waals surface area contributed by atoms with Gasteiger partial charge in [-0.25, -0.2) is 0 Å². The van der Waals surface area contributed by atoms with Crippen molar-refractivity contribution in [3.8, 4) is 0 Å². The van der Waals surface area contributed by atoms with E-state index >= 15 is 0 Å². The van der Waals surface area contributed by atoms with Crippen LogP contribution in [0.2, 0.25) is 0 Å². The third-order valence-electron chi connectivity index (χ3n) is 3.45. The summed E-state index contributed by atoms with van der Waals surface area (Å²) in [5, 5.41) is 4.09. The molecule has 3 rings (SSSR count). The summed E-state index contributed by atoms with van der Waals surface area (Å²) < 4.78 is 0. The topological polar surface area (TPSA) is 57.8 Å². The van der Waals surface area contributed by atoms with Crippen LogP contribution in [0.15, 0.2) is 54.9 Å². The highest BCUT2D eigenvalue weighted by atomic mass is 16.1. The molecule has 0 aliphatic heterocycles. The van der Waals surface area contributed by atoms with Gasteiger partial charge in [-0.3, -0.25) is 9.78 Å². The maximum Gasteiger partial charge on any atom is 0.220 e. The molecule has 21 heavy (non-hydrogen) atoms. The zero-order valence-corrected chi connectivity index (χ0v) is 11.7. The summed E-state index contributed by atoms with van der Waals surface area (Å²) in [5.74, 6) is 0.0484. The molecule has 0 aliphatic carbocycles. The van der Waals surface area contributed by atoms with Crippen LogP contribution >= 0.6 is 0 Å². The summed E-state index contributed by atoms with van der Waals surface area (Å²) in [6.45, 7) is 0.481. The maximum atomic E-state index is 11.9. The van der Waals surface area contributed by atoms with Gasteiger partial charge in [0.1, 0.15) is 0 Å². The number of nitrogens with zero attached hydrogens (tertiary/aromatic N) is 1. The lowest BCUT2D eigenvalue weighted by Gasteiger charge is -2.05. The molecule has 4 heteroatoms. The highest BCUT2D eigenvalue weighted by molar-refractivity contribution is 5.80. The molecule has 3 aromatic rings. The molecule has 0 fully saturated rings. The normalized spacial score (nSPS) is 10.7. The molecule has 0 aliphatic rings. The molecule has 0 unspecified atom stereocenters. The molecule has 0 saturated heterocycles. The maximum absolute atomic E-state index is 11.9. The fourth-order valence-corrected chi connectivity index (χ4v) is 2.29. The van der Waals surface area contributed by atoms with Crippen LogP contribution in [-0.4, -0.2) is 15.9 Å². The quantitative estimate of drug-likeness (QED) is 0.754. The predicted octanol–water partition coefficient (Wildman–Crippen LogP) is 2.81. The Hall–Kier alpha value is -2.62. The number of aryl methyl sites for hydroxylation is 1. The second-order valence-corrected chi connectivity index (χ2v) is 5.00. The highest BCUT2D eigenvalue weighted by Crippen LogP contribution is 2.15. The number of aromatic amines is 1. The lowest BCUT2D eigenvalue weighted by Crippen LogP contribution is -2.23. The molecular weight excluding hydrogens is 262 g/mol. The third-order valence-corrected chi connectivity index (χ3v) is 3.45. The molecule has 0 saturated carbocycles. The standard InChI is InChI=1S/C17H17N3O/c21-17(20-12-15-3-1-2-9-18-15)7-5-13-4-6-14-8-10-19-16(14)11-13/h1-4,6,8-11,19H,5,7,12H2,(H,20,21). The van der Waals surface area contributed by atoms with Crippen LogP contribution < -0.4 is 5.32 Å². The Morgan fingerprint density at radius 3 is 3.00 bits per heavy atom. The zero-order chi connectivity index (χ0) is 14.5. The van der Waals surface area contributed by atoms with Crippen molar-refractivity contribution in [1.82, 2.24) is 15.3 Å². The van der Waals surface area contributed by atoms with Gasteiger partial charge in [0.2, 0.25) is 5.91 Å². The van der Waals surface area contributed by atoms with Gasteiger partial charge in [0, 0.05) is 24.3 Å². The van der Waals surface area contributed by atoms with Crippen molar-refractivity contribution in [1.29, 1.82) is 0 Å². The minimum Gasteiger partial charge on any atom is -0.361 e. The first-order valence-corrected chi connectivity index (χ1v) is 7.04. The Labute approximate surface area is 123 Å². The van der Waals surface area contributed by atoms with E-state index in [1.165, 1.54) is 5.39 Å². The van der Waals surface area contributed by atoms with Gasteiger partial charge in [-0.1, -0.05) is 18.2 Å². The largest absolute Gasteiger partial charge is 0.361 e. The first-order chi connectivity index (χ1) is 10.3. The van der Waals surface area contributed by atoms with E-state index in [2.05, 4.69) is 33.5 Å². The molecule has 1 aromatic carbocycles. The van der Waals surface area contributed by atoms with Crippen LogP contribution in [0.5, 0.6) is 0 Å². The summed E-state index contributed by atoms with van der Waals surface area (Å²) in [7, 11) is 0. The van der Waals surface area contributed by atoms with Crippen LogP contribution in [0.3, 0.4) is 0 Å². The van der Waals surface area contributed by atoms with Crippen molar-refractivity contribution in [2.24, 2.45) is 0 Å². The average Bonchev–Trinajstić information content (AvgIpc) is 2.99. The minimum atomic E-state index is 0.0484. The number of hydrogen-bond acceptors (Lipinski definition) is 2. The van der Waals surface area contributed by atoms with Gasteiger partial charge in [0.15, 0.2) is 0 Å². The van der Waals surface area contributed by atoms with Crippen molar-refractivity contribution in [3.05, 3.63) is 66.1 Å². The first kappa shape index (κ1) is 13.4. The number of nitrogens with one attached hydrogen (secondary N) is 2. The number of H-pyrrole nitrogens is 1. The Balaban J connectivity index is 1.51. The average molecular weight is 279 g/mol. The lowest BCUT2D eigenvalue weighted by atomic mass is 10.1. The summed E-state index contributed by atoms with van der Waals surface area (Å²) in [6.07, 6.45) is 4.88. The number of amides is 1. The highest BCUT2D eigenvalue weighted by Gasteiger charge is 2.04. The molecule has 0 radical (unpaired) electrons. The number of fused-ring (bicyclic) bond motifs is 1. The molecule has 4 nitrogen and oxygen atoms in total. The van der Waals surface area contributed by atoms with Crippen LogP contribution in [0, 0.1) is 0 Å².